The van der Waals surface area contributed by atoms with Gasteiger partial charge in [0, 0.05) is 38.9 Å². The Labute approximate surface area is 175 Å². The normalized spacial score (nSPS) is 26.1. The molecule has 3 atom stereocenters. The Morgan fingerprint density at radius 1 is 1.33 bits per heavy atom. The van der Waals surface area contributed by atoms with Gasteiger partial charge in [-0.15, -0.1) is 0 Å². The quantitative estimate of drug-likeness (QED) is 0.698. The van der Waals surface area contributed by atoms with Crippen molar-refractivity contribution in [3.05, 3.63) is 65.6 Å². The zero-order valence-electron chi connectivity index (χ0n) is 17.3. The van der Waals surface area contributed by atoms with Gasteiger partial charge < -0.3 is 9.84 Å². The lowest BCUT2D eigenvalue weighted by molar-refractivity contribution is 0.0933. The summed E-state index contributed by atoms with van der Waals surface area (Å²) in [6, 6.07) is 10.6. The predicted octanol–water partition coefficient (Wildman–Crippen LogP) is 2.07. The van der Waals surface area contributed by atoms with Gasteiger partial charge in [-0.1, -0.05) is 35.5 Å². The van der Waals surface area contributed by atoms with E-state index < -0.39 is 0 Å². The number of nitrogens with zero attached hydrogens (tertiary/aromatic N) is 5. The van der Waals surface area contributed by atoms with Gasteiger partial charge in [0.05, 0.1) is 17.2 Å². The van der Waals surface area contributed by atoms with Gasteiger partial charge in [-0.2, -0.15) is 10.1 Å². The van der Waals surface area contributed by atoms with Crippen LogP contribution in [0.1, 0.15) is 40.5 Å². The van der Waals surface area contributed by atoms with Crippen LogP contribution < -0.4 is 5.32 Å². The first kappa shape index (κ1) is 19.0. The summed E-state index contributed by atoms with van der Waals surface area (Å²) in [6.07, 6.45) is 5.04. The van der Waals surface area contributed by atoms with Crippen LogP contribution in [0.5, 0.6) is 0 Å². The number of carbonyl (C=O) groups excluding carboxylic acids is 1. The molecule has 8 nitrogen and oxygen atoms in total. The average molecular weight is 406 g/mol. The number of benzene rings is 1. The monoisotopic (exact) mass is 406 g/mol. The second-order valence-electron chi connectivity index (χ2n) is 8.67. The molecule has 1 saturated heterocycles. The van der Waals surface area contributed by atoms with Crippen LogP contribution in [0.15, 0.2) is 47.2 Å². The highest BCUT2D eigenvalue weighted by molar-refractivity contribution is 5.93. The van der Waals surface area contributed by atoms with Gasteiger partial charge in [0.15, 0.2) is 5.82 Å². The second-order valence-corrected chi connectivity index (χ2v) is 8.67. The third-order valence-corrected chi connectivity index (χ3v) is 6.45. The van der Waals surface area contributed by atoms with Gasteiger partial charge in [0.25, 0.3) is 5.91 Å². The minimum atomic E-state index is -0.219. The van der Waals surface area contributed by atoms with Crippen LogP contribution >= 0.6 is 0 Å². The number of rotatable bonds is 5. The zero-order chi connectivity index (χ0) is 20.7. The van der Waals surface area contributed by atoms with E-state index in [4.69, 9.17) is 4.52 Å². The van der Waals surface area contributed by atoms with Crippen molar-refractivity contribution in [1.29, 1.82) is 0 Å². The van der Waals surface area contributed by atoms with E-state index in [2.05, 4.69) is 49.7 Å². The Morgan fingerprint density at radius 2 is 2.17 bits per heavy atom. The van der Waals surface area contributed by atoms with E-state index in [0.717, 1.165) is 32.5 Å². The summed E-state index contributed by atoms with van der Waals surface area (Å²) in [4.78, 5) is 19.7. The molecule has 2 fully saturated rings. The molecular weight excluding hydrogens is 380 g/mol. The molecule has 3 heterocycles. The molecule has 0 radical (unpaired) electrons. The maximum absolute atomic E-state index is 12.7. The summed E-state index contributed by atoms with van der Waals surface area (Å²) in [7, 11) is 1.81. The van der Waals surface area contributed by atoms with Crippen molar-refractivity contribution in [2.24, 2.45) is 13.0 Å². The Kier molecular flexibility index (Phi) is 4.66. The van der Waals surface area contributed by atoms with E-state index in [1.807, 2.05) is 20.0 Å². The van der Waals surface area contributed by atoms with E-state index in [-0.39, 0.29) is 17.4 Å². The minimum absolute atomic E-state index is 0.0776. The smallest absolute Gasteiger partial charge is 0.254 e. The topological polar surface area (TPSA) is 89.1 Å². The molecule has 2 aliphatic rings. The van der Waals surface area contributed by atoms with E-state index >= 15 is 0 Å². The molecule has 1 aliphatic heterocycles. The van der Waals surface area contributed by atoms with Crippen molar-refractivity contribution in [2.75, 3.05) is 13.1 Å². The van der Waals surface area contributed by atoms with Crippen LogP contribution in [0.2, 0.25) is 0 Å². The molecule has 3 aromatic rings. The molecule has 0 bridgehead atoms. The van der Waals surface area contributed by atoms with Gasteiger partial charge in [-0.3, -0.25) is 14.4 Å². The molecular formula is C22H26N6O2. The highest BCUT2D eigenvalue weighted by Crippen LogP contribution is 2.50. The second kappa shape index (κ2) is 7.36. The predicted molar refractivity (Wildman–Crippen MR) is 110 cm³/mol. The third kappa shape index (κ3) is 3.41. The van der Waals surface area contributed by atoms with E-state index in [1.165, 1.54) is 5.56 Å². The number of likely N-dealkylation sites (tertiary alicyclic amines) is 1. The Balaban J connectivity index is 1.35. The van der Waals surface area contributed by atoms with Crippen molar-refractivity contribution in [3.63, 3.8) is 0 Å². The SMILES string of the molecule is Cc1noc([C@]23C[C@H](NC(=O)c4cnn(C)c4)C[C@H]2CN(Cc2ccccc2)C3)n1. The first-order chi connectivity index (χ1) is 14.5. The number of nitrogens with one attached hydrogen (secondary N) is 1. The molecule has 5 rings (SSSR count). The van der Waals surface area contributed by atoms with Crippen LogP contribution in [0.25, 0.3) is 0 Å². The van der Waals surface area contributed by atoms with Gasteiger partial charge in [0.2, 0.25) is 5.89 Å². The summed E-state index contributed by atoms with van der Waals surface area (Å²) in [5.41, 5.74) is 1.67. The van der Waals surface area contributed by atoms with Crippen molar-refractivity contribution < 1.29 is 9.32 Å². The van der Waals surface area contributed by atoms with Gasteiger partial charge in [-0.05, 0) is 31.2 Å². The van der Waals surface area contributed by atoms with Crippen LogP contribution in [0, 0.1) is 12.8 Å². The molecule has 0 spiro atoms. The maximum atomic E-state index is 12.7. The first-order valence-corrected chi connectivity index (χ1v) is 10.4. The Bertz CT molecular complexity index is 1040. The lowest BCUT2D eigenvalue weighted by Crippen LogP contribution is -2.38. The number of carbonyl (C=O) groups is 1. The lowest BCUT2D eigenvalue weighted by atomic mass is 9.80. The number of aryl methyl sites for hydroxylation is 2. The number of amides is 1. The summed E-state index contributed by atoms with van der Waals surface area (Å²) < 4.78 is 7.32. The van der Waals surface area contributed by atoms with Crippen LogP contribution in [-0.2, 0) is 19.0 Å². The highest BCUT2D eigenvalue weighted by Gasteiger charge is 2.57. The van der Waals surface area contributed by atoms with Crippen molar-refractivity contribution in [3.8, 4) is 0 Å². The Morgan fingerprint density at radius 3 is 2.87 bits per heavy atom. The van der Waals surface area contributed by atoms with Crippen molar-refractivity contribution >= 4 is 5.91 Å². The summed E-state index contributed by atoms with van der Waals surface area (Å²) in [6.45, 7) is 4.56. The van der Waals surface area contributed by atoms with Crippen molar-refractivity contribution in [1.82, 2.24) is 30.1 Å². The zero-order valence-corrected chi connectivity index (χ0v) is 17.3. The number of hydrogen-bond acceptors (Lipinski definition) is 6. The number of fused-ring (bicyclic) bond motifs is 1. The lowest BCUT2D eigenvalue weighted by Gasteiger charge is -2.25. The molecule has 8 heteroatoms. The summed E-state index contributed by atoms with van der Waals surface area (Å²) >= 11 is 0. The van der Waals surface area contributed by atoms with Crippen molar-refractivity contribution in [2.45, 2.75) is 37.8 Å². The molecule has 1 N–H and O–H groups in total. The molecule has 1 aromatic carbocycles. The Hall–Kier alpha value is -3.00. The molecule has 0 unspecified atom stereocenters. The molecule has 156 valence electrons. The largest absolute Gasteiger partial charge is 0.349 e. The van der Waals surface area contributed by atoms with Crippen LogP contribution in [0.3, 0.4) is 0 Å². The highest BCUT2D eigenvalue weighted by atomic mass is 16.5. The van der Waals surface area contributed by atoms with E-state index in [9.17, 15) is 4.79 Å². The minimum Gasteiger partial charge on any atom is -0.349 e. The van der Waals surface area contributed by atoms with Crippen LogP contribution in [0.4, 0.5) is 0 Å². The fourth-order valence-corrected chi connectivity index (χ4v) is 5.18. The third-order valence-electron chi connectivity index (χ3n) is 6.45. The average Bonchev–Trinajstić information content (AvgIpc) is 3.46. The standard InChI is InChI=1S/C22H26N6O2/c1-15-24-21(30-26-15)22-9-19(25-20(29)17-10-23-27(2)12-17)8-18(22)13-28(14-22)11-16-6-4-3-5-7-16/h3-7,10,12,18-19H,8-9,11,13-14H2,1-2H3,(H,25,29)/t18-,19+,22-/m0/s1. The number of hydrogen-bond donors (Lipinski definition) is 1. The molecule has 30 heavy (non-hydrogen) atoms. The summed E-state index contributed by atoms with van der Waals surface area (Å²) in [5, 5.41) is 11.4. The van der Waals surface area contributed by atoms with Gasteiger partial charge in [-0.25, -0.2) is 0 Å². The molecule has 1 amide bonds. The number of aromatic nitrogens is 4. The molecule has 1 saturated carbocycles. The maximum Gasteiger partial charge on any atom is 0.254 e. The molecule has 1 aliphatic carbocycles. The van der Waals surface area contributed by atoms with E-state index in [0.29, 0.717) is 23.2 Å². The van der Waals surface area contributed by atoms with Crippen LogP contribution in [-0.4, -0.2) is 49.9 Å². The summed E-state index contributed by atoms with van der Waals surface area (Å²) in [5.74, 6) is 1.65. The fraction of sp³-hybridized carbons (Fsp3) is 0.455. The first-order valence-electron chi connectivity index (χ1n) is 10.4. The van der Waals surface area contributed by atoms with Gasteiger partial charge >= 0.3 is 0 Å². The molecule has 2 aromatic heterocycles. The fourth-order valence-electron chi connectivity index (χ4n) is 5.18. The van der Waals surface area contributed by atoms with Gasteiger partial charge in [0.1, 0.15) is 0 Å². The van der Waals surface area contributed by atoms with E-state index in [1.54, 1.807) is 17.1 Å².